The molecule has 3 aromatic rings. The molecule has 8 heteroatoms. The predicted octanol–water partition coefficient (Wildman–Crippen LogP) is 2.40. The maximum absolute atomic E-state index is 5.91. The van der Waals surface area contributed by atoms with E-state index in [1.165, 1.54) is 34.7 Å². The molecule has 0 bridgehead atoms. The first-order valence-corrected chi connectivity index (χ1v) is 7.11. The summed E-state index contributed by atoms with van der Waals surface area (Å²) in [5, 5.41) is 4.67. The van der Waals surface area contributed by atoms with Crippen molar-refractivity contribution in [3.63, 3.8) is 0 Å². The number of hydrogen-bond acceptors (Lipinski definition) is 6. The Morgan fingerprint density at radius 3 is 2.70 bits per heavy atom. The Labute approximate surface area is 124 Å². The van der Waals surface area contributed by atoms with Crippen LogP contribution in [0.3, 0.4) is 0 Å². The maximum Gasteiger partial charge on any atom is 0.257 e. The second-order valence-corrected chi connectivity index (χ2v) is 5.08. The molecule has 1 aromatic carbocycles. The number of aromatic nitrogens is 6. The van der Waals surface area contributed by atoms with Crippen LogP contribution in [0.4, 0.5) is 0 Å². The van der Waals surface area contributed by atoms with E-state index in [9.17, 15) is 0 Å². The Morgan fingerprint density at radius 1 is 1.10 bits per heavy atom. The molecule has 2 heterocycles. The quantitative estimate of drug-likeness (QED) is 0.689. The molecule has 2 aromatic heterocycles. The van der Waals surface area contributed by atoms with E-state index in [0.717, 1.165) is 5.75 Å². The van der Waals surface area contributed by atoms with Crippen LogP contribution in [0.2, 0.25) is 5.28 Å². The van der Waals surface area contributed by atoms with Gasteiger partial charge in [-0.05, 0) is 17.2 Å². The minimum Gasteiger partial charge on any atom is -0.223 e. The van der Waals surface area contributed by atoms with Gasteiger partial charge in [0.15, 0.2) is 5.16 Å². The lowest BCUT2D eigenvalue weighted by atomic mass is 10.2. The Balaban J connectivity index is 1.80. The van der Waals surface area contributed by atoms with Crippen molar-refractivity contribution in [3.8, 4) is 5.95 Å². The number of nitrogens with zero attached hydrogens (tertiary/aromatic N) is 6. The van der Waals surface area contributed by atoms with Crippen molar-refractivity contribution in [3.05, 3.63) is 53.8 Å². The summed E-state index contributed by atoms with van der Waals surface area (Å²) in [5.41, 5.74) is 1.19. The van der Waals surface area contributed by atoms with Crippen LogP contribution >= 0.6 is 23.4 Å². The van der Waals surface area contributed by atoms with Gasteiger partial charge < -0.3 is 0 Å². The van der Waals surface area contributed by atoms with Gasteiger partial charge in [0.1, 0.15) is 12.7 Å². The van der Waals surface area contributed by atoms with E-state index in [-0.39, 0.29) is 5.28 Å². The third kappa shape index (κ3) is 3.12. The van der Waals surface area contributed by atoms with Gasteiger partial charge in [0.05, 0.1) is 0 Å². The standard InChI is InChI=1S/C12H9ClN6S/c13-10-16-11(19-8-14-7-15-19)18-12(17-10)20-6-9-4-2-1-3-5-9/h1-5,7-8H,6H2. The fraction of sp³-hybridized carbons (Fsp3) is 0.0833. The molecule has 20 heavy (non-hydrogen) atoms. The van der Waals surface area contributed by atoms with Gasteiger partial charge >= 0.3 is 0 Å². The topological polar surface area (TPSA) is 69.4 Å². The lowest BCUT2D eigenvalue weighted by Crippen LogP contribution is -2.04. The lowest BCUT2D eigenvalue weighted by molar-refractivity contribution is 0.757. The molecule has 3 rings (SSSR count). The second-order valence-electron chi connectivity index (χ2n) is 3.80. The molecular weight excluding hydrogens is 296 g/mol. The third-order valence-corrected chi connectivity index (χ3v) is 3.50. The molecule has 0 saturated heterocycles. The van der Waals surface area contributed by atoms with Crippen LogP contribution in [0.1, 0.15) is 5.56 Å². The molecule has 0 unspecified atom stereocenters. The first kappa shape index (κ1) is 13.0. The minimum atomic E-state index is 0.140. The minimum absolute atomic E-state index is 0.140. The number of benzene rings is 1. The third-order valence-electron chi connectivity index (χ3n) is 2.41. The van der Waals surface area contributed by atoms with E-state index < -0.39 is 0 Å². The van der Waals surface area contributed by atoms with Crippen LogP contribution in [-0.2, 0) is 5.75 Å². The molecule has 0 saturated carbocycles. The SMILES string of the molecule is Clc1nc(SCc2ccccc2)nc(-n2cncn2)n1. The van der Waals surface area contributed by atoms with Crippen molar-refractivity contribution in [1.29, 1.82) is 0 Å². The van der Waals surface area contributed by atoms with Gasteiger partial charge in [-0.15, -0.1) is 0 Å². The Morgan fingerprint density at radius 2 is 1.95 bits per heavy atom. The zero-order valence-electron chi connectivity index (χ0n) is 10.2. The fourth-order valence-electron chi connectivity index (χ4n) is 1.52. The van der Waals surface area contributed by atoms with Crippen molar-refractivity contribution in [2.45, 2.75) is 10.9 Å². The molecule has 0 aliphatic heterocycles. The highest BCUT2D eigenvalue weighted by atomic mass is 35.5. The molecule has 0 N–H and O–H groups in total. The van der Waals surface area contributed by atoms with E-state index >= 15 is 0 Å². The maximum atomic E-state index is 5.91. The van der Waals surface area contributed by atoms with Gasteiger partial charge in [0, 0.05) is 5.75 Å². The molecule has 6 nitrogen and oxygen atoms in total. The fourth-order valence-corrected chi connectivity index (χ4v) is 2.51. The molecule has 0 amide bonds. The molecule has 0 aliphatic rings. The zero-order chi connectivity index (χ0) is 13.8. The first-order valence-electron chi connectivity index (χ1n) is 5.74. The summed E-state index contributed by atoms with van der Waals surface area (Å²) >= 11 is 7.40. The van der Waals surface area contributed by atoms with E-state index in [0.29, 0.717) is 11.1 Å². The second kappa shape index (κ2) is 5.98. The van der Waals surface area contributed by atoms with Gasteiger partial charge in [-0.3, -0.25) is 0 Å². The summed E-state index contributed by atoms with van der Waals surface area (Å²) in [7, 11) is 0. The normalized spacial score (nSPS) is 10.7. The molecule has 0 spiro atoms. The Kier molecular flexibility index (Phi) is 3.89. The Hall–Kier alpha value is -1.99. The summed E-state index contributed by atoms with van der Waals surface area (Å²) in [6.45, 7) is 0. The smallest absolute Gasteiger partial charge is 0.223 e. The van der Waals surface area contributed by atoms with E-state index in [1.807, 2.05) is 30.3 Å². The van der Waals surface area contributed by atoms with Crippen LogP contribution in [-0.4, -0.2) is 29.7 Å². The average Bonchev–Trinajstić information content (AvgIpc) is 3.00. The summed E-state index contributed by atoms with van der Waals surface area (Å²) < 4.78 is 1.44. The summed E-state index contributed by atoms with van der Waals surface area (Å²) in [4.78, 5) is 16.3. The van der Waals surface area contributed by atoms with E-state index in [2.05, 4.69) is 25.0 Å². The molecular formula is C12H9ClN6S. The van der Waals surface area contributed by atoms with Crippen molar-refractivity contribution >= 4 is 23.4 Å². The monoisotopic (exact) mass is 304 g/mol. The van der Waals surface area contributed by atoms with E-state index in [1.54, 1.807) is 0 Å². The van der Waals surface area contributed by atoms with Crippen LogP contribution < -0.4 is 0 Å². The van der Waals surface area contributed by atoms with Gasteiger partial charge in [0.25, 0.3) is 5.95 Å². The molecule has 0 radical (unpaired) electrons. The number of thioether (sulfide) groups is 1. The van der Waals surface area contributed by atoms with Crippen LogP contribution in [0.15, 0.2) is 48.1 Å². The number of hydrogen-bond donors (Lipinski definition) is 0. The van der Waals surface area contributed by atoms with E-state index in [4.69, 9.17) is 11.6 Å². The molecule has 0 fully saturated rings. The molecule has 0 atom stereocenters. The van der Waals surface area contributed by atoms with Crippen LogP contribution in [0.25, 0.3) is 5.95 Å². The van der Waals surface area contributed by atoms with Gasteiger partial charge in [-0.1, -0.05) is 42.1 Å². The van der Waals surface area contributed by atoms with Gasteiger partial charge in [0.2, 0.25) is 5.28 Å². The summed E-state index contributed by atoms with van der Waals surface area (Å²) in [6, 6.07) is 10.1. The van der Waals surface area contributed by atoms with Crippen LogP contribution in [0, 0.1) is 0 Å². The first-order chi connectivity index (χ1) is 9.81. The highest BCUT2D eigenvalue weighted by molar-refractivity contribution is 7.98. The van der Waals surface area contributed by atoms with Crippen molar-refractivity contribution in [2.24, 2.45) is 0 Å². The average molecular weight is 305 g/mol. The lowest BCUT2D eigenvalue weighted by Gasteiger charge is -2.03. The highest BCUT2D eigenvalue weighted by Crippen LogP contribution is 2.20. The largest absolute Gasteiger partial charge is 0.257 e. The molecule has 100 valence electrons. The predicted molar refractivity (Wildman–Crippen MR) is 75.8 cm³/mol. The zero-order valence-corrected chi connectivity index (χ0v) is 11.8. The summed E-state index contributed by atoms with van der Waals surface area (Å²) in [5.74, 6) is 1.12. The highest BCUT2D eigenvalue weighted by Gasteiger charge is 2.08. The van der Waals surface area contributed by atoms with Gasteiger partial charge in [-0.2, -0.15) is 24.7 Å². The number of halogens is 1. The Bertz CT molecular complexity index is 688. The molecule has 0 aliphatic carbocycles. The number of rotatable bonds is 4. The van der Waals surface area contributed by atoms with Crippen LogP contribution in [0.5, 0.6) is 0 Å². The summed E-state index contributed by atoms with van der Waals surface area (Å²) in [6.07, 6.45) is 2.92. The van der Waals surface area contributed by atoms with Crippen molar-refractivity contribution < 1.29 is 0 Å². The van der Waals surface area contributed by atoms with Gasteiger partial charge in [-0.25, -0.2) is 4.98 Å². The van der Waals surface area contributed by atoms with Crippen molar-refractivity contribution in [1.82, 2.24) is 29.7 Å². The van der Waals surface area contributed by atoms with Crippen molar-refractivity contribution in [2.75, 3.05) is 0 Å².